The highest BCUT2D eigenvalue weighted by Crippen LogP contribution is 2.57. The van der Waals surface area contributed by atoms with Crippen LogP contribution in [0.1, 0.15) is 71.6 Å². The van der Waals surface area contributed by atoms with E-state index in [4.69, 9.17) is 18.9 Å². The number of aliphatic hydroxyl groups is 1. The second-order valence-corrected chi connectivity index (χ2v) is 11.9. The SMILES string of the molecule is C[C@]12C/C(=C/O)C(=O)C=C1CCCC21OCCO1.C[C@]12CCC(=O)C=C1CCCC21OCCO1.c1ccccc1. The Morgan fingerprint density at radius 3 is 1.65 bits per heavy atom. The maximum absolute atomic E-state index is 11.8. The molecule has 40 heavy (non-hydrogen) atoms. The normalized spacial score (nSPS) is 32.7. The van der Waals surface area contributed by atoms with Crippen LogP contribution < -0.4 is 0 Å². The van der Waals surface area contributed by atoms with Crippen molar-refractivity contribution in [1.29, 1.82) is 0 Å². The first-order valence-corrected chi connectivity index (χ1v) is 14.7. The Kier molecular flexibility index (Phi) is 8.48. The molecule has 2 heterocycles. The molecule has 4 aliphatic carbocycles. The maximum atomic E-state index is 11.8. The monoisotopic (exact) mass is 550 g/mol. The van der Waals surface area contributed by atoms with E-state index in [1.165, 1.54) is 5.57 Å². The summed E-state index contributed by atoms with van der Waals surface area (Å²) >= 11 is 0. The molecule has 0 bridgehead atoms. The highest BCUT2D eigenvalue weighted by atomic mass is 16.7. The maximum Gasteiger partial charge on any atom is 0.184 e. The summed E-state index contributed by atoms with van der Waals surface area (Å²) in [6, 6.07) is 12.0. The second-order valence-electron chi connectivity index (χ2n) is 11.9. The second kappa shape index (κ2) is 11.7. The predicted octanol–water partition coefficient (Wildman–Crippen LogP) is 6.16. The van der Waals surface area contributed by atoms with Crippen molar-refractivity contribution >= 4 is 11.6 Å². The van der Waals surface area contributed by atoms with Crippen LogP contribution >= 0.6 is 0 Å². The van der Waals surface area contributed by atoms with Gasteiger partial charge in [0.15, 0.2) is 23.1 Å². The third kappa shape index (κ3) is 5.13. The van der Waals surface area contributed by atoms with Gasteiger partial charge in [0.1, 0.15) is 0 Å². The predicted molar refractivity (Wildman–Crippen MR) is 150 cm³/mol. The molecule has 2 saturated heterocycles. The van der Waals surface area contributed by atoms with Gasteiger partial charge in [-0.3, -0.25) is 9.59 Å². The zero-order valence-corrected chi connectivity index (χ0v) is 23.8. The topological polar surface area (TPSA) is 91.3 Å². The van der Waals surface area contributed by atoms with Crippen molar-refractivity contribution in [2.45, 2.75) is 83.2 Å². The van der Waals surface area contributed by atoms with Gasteiger partial charge >= 0.3 is 0 Å². The highest BCUT2D eigenvalue weighted by molar-refractivity contribution is 6.05. The summed E-state index contributed by atoms with van der Waals surface area (Å²) in [6.07, 6.45) is 12.2. The Bertz CT molecular complexity index is 1140. The van der Waals surface area contributed by atoms with Crippen LogP contribution in [-0.4, -0.2) is 54.7 Å². The molecule has 1 N–H and O–H groups in total. The van der Waals surface area contributed by atoms with Gasteiger partial charge in [0, 0.05) is 35.7 Å². The van der Waals surface area contributed by atoms with Crippen LogP contribution in [0.4, 0.5) is 0 Å². The molecule has 7 rings (SSSR count). The minimum absolute atomic E-state index is 0.0738. The van der Waals surface area contributed by atoms with E-state index < -0.39 is 11.6 Å². The fraction of sp³-hybridized carbons (Fsp3) is 0.576. The van der Waals surface area contributed by atoms with E-state index in [-0.39, 0.29) is 22.4 Å². The number of hydrogen-bond donors (Lipinski definition) is 1. The molecule has 2 spiro atoms. The van der Waals surface area contributed by atoms with Crippen LogP contribution in [0.3, 0.4) is 0 Å². The van der Waals surface area contributed by atoms with Gasteiger partial charge in [-0.05, 0) is 50.7 Å². The lowest BCUT2D eigenvalue weighted by Gasteiger charge is -2.51. The molecule has 1 aromatic rings. The first-order valence-electron chi connectivity index (χ1n) is 14.7. The molecule has 0 aromatic heterocycles. The number of aliphatic hydroxyl groups excluding tert-OH is 1. The molecule has 4 fully saturated rings. The molecule has 1 aromatic carbocycles. The third-order valence-corrected chi connectivity index (χ3v) is 9.71. The van der Waals surface area contributed by atoms with Crippen molar-refractivity contribution in [2.75, 3.05) is 26.4 Å². The van der Waals surface area contributed by atoms with Crippen LogP contribution in [0.5, 0.6) is 0 Å². The average Bonchev–Trinajstić information content (AvgIpc) is 3.65. The van der Waals surface area contributed by atoms with E-state index in [0.29, 0.717) is 44.8 Å². The number of carbonyl (C=O) groups is 2. The molecule has 216 valence electrons. The standard InChI is InChI=1S/C14H18O4.C13H18O3.C6H6/c1-13-8-10(9-15)12(16)7-11(13)3-2-4-14(13)17-5-6-18-14;1-12-6-4-11(14)9-10(12)3-2-5-13(12)15-7-8-16-13;1-2-4-6-5-3-1/h7,9,15H,2-6,8H2,1H3;9H,2-8H2,1H3;1-6H/b10-9-;;/t13-;12-;/m00./s1. The minimum Gasteiger partial charge on any atom is -0.515 e. The van der Waals surface area contributed by atoms with E-state index in [2.05, 4.69) is 13.8 Å². The Hall–Kier alpha value is -2.58. The van der Waals surface area contributed by atoms with Crippen molar-refractivity contribution in [3.63, 3.8) is 0 Å². The van der Waals surface area contributed by atoms with Crippen LogP contribution in [0.15, 0.2) is 71.5 Å². The number of hydrogen-bond acceptors (Lipinski definition) is 7. The summed E-state index contributed by atoms with van der Waals surface area (Å²) in [5.74, 6) is -0.855. The van der Waals surface area contributed by atoms with E-state index in [9.17, 15) is 14.7 Å². The van der Waals surface area contributed by atoms with Crippen LogP contribution in [-0.2, 0) is 28.5 Å². The summed E-state index contributed by atoms with van der Waals surface area (Å²) in [5.41, 5.74) is 2.39. The average molecular weight is 551 g/mol. The van der Waals surface area contributed by atoms with Gasteiger partial charge in [-0.1, -0.05) is 61.4 Å². The van der Waals surface area contributed by atoms with Crippen molar-refractivity contribution in [1.82, 2.24) is 0 Å². The van der Waals surface area contributed by atoms with Gasteiger partial charge in [-0.2, -0.15) is 0 Å². The highest BCUT2D eigenvalue weighted by Gasteiger charge is 2.59. The first-order chi connectivity index (χ1) is 19.3. The smallest absolute Gasteiger partial charge is 0.184 e. The summed E-state index contributed by atoms with van der Waals surface area (Å²) in [6.45, 7) is 6.88. The fourth-order valence-corrected chi connectivity index (χ4v) is 7.37. The Morgan fingerprint density at radius 1 is 0.675 bits per heavy atom. The van der Waals surface area contributed by atoms with Crippen LogP contribution in [0, 0.1) is 10.8 Å². The number of ketones is 2. The zero-order valence-electron chi connectivity index (χ0n) is 23.8. The first kappa shape index (κ1) is 28.9. The zero-order chi connectivity index (χ0) is 28.3. The van der Waals surface area contributed by atoms with Crippen molar-refractivity contribution in [3.05, 3.63) is 71.5 Å². The molecule has 0 radical (unpaired) electrons. The molecule has 0 unspecified atom stereocenters. The molecule has 2 aliphatic heterocycles. The van der Waals surface area contributed by atoms with Crippen molar-refractivity contribution in [2.24, 2.45) is 10.8 Å². The van der Waals surface area contributed by atoms with Gasteiger partial charge in [0.05, 0.1) is 32.7 Å². The van der Waals surface area contributed by atoms with Gasteiger partial charge in [-0.15, -0.1) is 0 Å². The number of benzene rings is 1. The number of fused-ring (bicyclic) bond motifs is 4. The Balaban J connectivity index is 0.000000135. The Morgan fingerprint density at radius 2 is 1.15 bits per heavy atom. The number of carbonyl (C=O) groups excluding carboxylic acids is 2. The van der Waals surface area contributed by atoms with E-state index in [0.717, 1.165) is 56.8 Å². The number of allylic oxidation sites excluding steroid dienone is 3. The molecule has 0 amide bonds. The summed E-state index contributed by atoms with van der Waals surface area (Å²) in [5, 5.41) is 9.20. The van der Waals surface area contributed by atoms with E-state index >= 15 is 0 Å². The molecule has 7 heteroatoms. The van der Waals surface area contributed by atoms with Gasteiger partial charge in [0.25, 0.3) is 0 Å². The van der Waals surface area contributed by atoms with Gasteiger partial charge < -0.3 is 24.1 Å². The lowest BCUT2D eigenvalue weighted by molar-refractivity contribution is -0.237. The van der Waals surface area contributed by atoms with Crippen molar-refractivity contribution < 1.29 is 33.6 Å². The minimum atomic E-state index is -0.605. The summed E-state index contributed by atoms with van der Waals surface area (Å²) in [4.78, 5) is 23.3. The molecular weight excluding hydrogens is 508 g/mol. The molecule has 2 saturated carbocycles. The molecule has 2 atom stereocenters. The fourth-order valence-electron chi connectivity index (χ4n) is 7.37. The largest absolute Gasteiger partial charge is 0.515 e. The summed E-state index contributed by atoms with van der Waals surface area (Å²) < 4.78 is 23.6. The quantitative estimate of drug-likeness (QED) is 0.306. The van der Waals surface area contributed by atoms with E-state index in [1.807, 2.05) is 42.5 Å². The lowest BCUT2D eigenvalue weighted by atomic mass is 9.61. The Labute approximate surface area is 237 Å². The molecule has 6 aliphatic rings. The number of ether oxygens (including phenoxy) is 4. The third-order valence-electron chi connectivity index (χ3n) is 9.71. The molecule has 7 nitrogen and oxygen atoms in total. The van der Waals surface area contributed by atoms with E-state index in [1.54, 1.807) is 6.08 Å². The lowest BCUT2D eigenvalue weighted by Crippen LogP contribution is -2.53. The van der Waals surface area contributed by atoms with Crippen LogP contribution in [0.25, 0.3) is 0 Å². The van der Waals surface area contributed by atoms with Crippen molar-refractivity contribution in [3.8, 4) is 0 Å². The number of rotatable bonds is 0. The van der Waals surface area contributed by atoms with Gasteiger partial charge in [-0.25, -0.2) is 0 Å². The summed E-state index contributed by atoms with van der Waals surface area (Å²) in [7, 11) is 0. The van der Waals surface area contributed by atoms with Gasteiger partial charge in [0.2, 0.25) is 0 Å². The van der Waals surface area contributed by atoms with Crippen LogP contribution in [0.2, 0.25) is 0 Å². The molecular formula is C33H42O7.